The van der Waals surface area contributed by atoms with Gasteiger partial charge in [-0.15, -0.1) is 0 Å². The SMILES string of the molecule is COc1cccc(C(=O)[C@@H]2[C@H](C(=O)c3cccc(OC)c3)N3C=Cc4ccccc4[C@@H]3[C@]23C(=O)Nc2ccccc23)c1. The number of para-hydroxylation sites is 1. The average molecular weight is 557 g/mol. The first-order valence-corrected chi connectivity index (χ1v) is 13.8. The van der Waals surface area contributed by atoms with Crippen molar-refractivity contribution in [3.8, 4) is 11.5 Å². The highest BCUT2D eigenvalue weighted by Crippen LogP contribution is 2.62. The first-order chi connectivity index (χ1) is 20.5. The average Bonchev–Trinajstić information content (AvgIpc) is 3.52. The van der Waals surface area contributed by atoms with Crippen LogP contribution in [0.15, 0.2) is 103 Å². The number of carbonyl (C=O) groups excluding carboxylic acids is 3. The predicted octanol–water partition coefficient (Wildman–Crippen LogP) is 5.69. The fraction of sp³-hybridized carbons (Fsp3) is 0.171. The maximum absolute atomic E-state index is 14.9. The number of hydrogen-bond donors (Lipinski definition) is 1. The van der Waals surface area contributed by atoms with Crippen molar-refractivity contribution >= 4 is 29.2 Å². The number of nitrogens with zero attached hydrogens (tertiary/aromatic N) is 1. The van der Waals surface area contributed by atoms with E-state index in [2.05, 4.69) is 5.32 Å². The lowest BCUT2D eigenvalue weighted by molar-refractivity contribution is -0.122. The lowest BCUT2D eigenvalue weighted by Crippen LogP contribution is -2.49. The molecule has 4 atom stereocenters. The second-order valence-corrected chi connectivity index (χ2v) is 10.8. The number of nitrogens with one attached hydrogen (secondary N) is 1. The molecule has 0 unspecified atom stereocenters. The van der Waals surface area contributed by atoms with Crippen LogP contribution in [0.1, 0.15) is 43.4 Å². The number of Topliss-reactive ketones (excluding diaryl/α,β-unsaturated/α-hetero) is 2. The Morgan fingerprint density at radius 1 is 0.786 bits per heavy atom. The molecule has 0 radical (unpaired) electrons. The summed E-state index contributed by atoms with van der Waals surface area (Å²) in [6, 6.07) is 27.6. The van der Waals surface area contributed by atoms with Gasteiger partial charge in [0.15, 0.2) is 11.6 Å². The molecule has 3 aliphatic rings. The van der Waals surface area contributed by atoms with Crippen molar-refractivity contribution in [2.45, 2.75) is 17.5 Å². The Kier molecular flexibility index (Phi) is 5.97. The number of anilines is 1. The van der Waals surface area contributed by atoms with Gasteiger partial charge in [0, 0.05) is 23.0 Å². The molecule has 4 aromatic carbocycles. The molecule has 1 saturated heterocycles. The number of hydrogen-bond acceptors (Lipinski definition) is 6. The Bertz CT molecular complexity index is 1800. The summed E-state index contributed by atoms with van der Waals surface area (Å²) in [4.78, 5) is 46.0. The van der Waals surface area contributed by atoms with Gasteiger partial charge in [-0.25, -0.2) is 0 Å². The summed E-state index contributed by atoms with van der Waals surface area (Å²) < 4.78 is 10.9. The van der Waals surface area contributed by atoms with Gasteiger partial charge in [-0.3, -0.25) is 14.4 Å². The normalized spacial score (nSPS) is 23.1. The monoisotopic (exact) mass is 556 g/mol. The van der Waals surface area contributed by atoms with Crippen LogP contribution in [0, 0.1) is 5.92 Å². The van der Waals surface area contributed by atoms with Crippen molar-refractivity contribution in [1.82, 2.24) is 4.90 Å². The van der Waals surface area contributed by atoms with E-state index in [0.29, 0.717) is 33.9 Å². The van der Waals surface area contributed by atoms with Crippen molar-refractivity contribution in [2.75, 3.05) is 19.5 Å². The summed E-state index contributed by atoms with van der Waals surface area (Å²) in [6.07, 6.45) is 3.81. The minimum atomic E-state index is -1.39. The minimum absolute atomic E-state index is 0.266. The van der Waals surface area contributed by atoms with E-state index in [-0.39, 0.29) is 17.5 Å². The molecule has 7 nitrogen and oxygen atoms in total. The number of rotatable bonds is 6. The molecule has 7 heteroatoms. The van der Waals surface area contributed by atoms with Gasteiger partial charge in [0.25, 0.3) is 0 Å². The van der Waals surface area contributed by atoms with Crippen LogP contribution in [0.25, 0.3) is 6.08 Å². The maximum Gasteiger partial charge on any atom is 0.238 e. The van der Waals surface area contributed by atoms with E-state index in [0.717, 1.165) is 11.1 Å². The number of amides is 1. The molecule has 1 fully saturated rings. The van der Waals surface area contributed by atoms with Crippen LogP contribution in [0.3, 0.4) is 0 Å². The van der Waals surface area contributed by atoms with Crippen molar-refractivity contribution in [3.05, 3.63) is 131 Å². The Balaban J connectivity index is 1.53. The summed E-state index contributed by atoms with van der Waals surface area (Å²) in [7, 11) is 3.09. The van der Waals surface area contributed by atoms with Gasteiger partial charge >= 0.3 is 0 Å². The van der Waals surface area contributed by atoms with E-state index in [1.54, 1.807) is 62.8 Å². The zero-order valence-electron chi connectivity index (χ0n) is 23.1. The summed E-state index contributed by atoms with van der Waals surface area (Å²) in [5.41, 5.74) is 2.56. The molecule has 4 aromatic rings. The molecule has 1 N–H and O–H groups in total. The number of methoxy groups -OCH3 is 2. The molecule has 7 rings (SSSR count). The highest BCUT2D eigenvalue weighted by Gasteiger charge is 2.70. The van der Waals surface area contributed by atoms with Crippen molar-refractivity contribution in [2.24, 2.45) is 5.92 Å². The fourth-order valence-corrected chi connectivity index (χ4v) is 7.07. The van der Waals surface area contributed by atoms with Crippen LogP contribution < -0.4 is 14.8 Å². The van der Waals surface area contributed by atoms with E-state index < -0.39 is 23.4 Å². The second kappa shape index (κ2) is 9.73. The topological polar surface area (TPSA) is 84.9 Å². The molecule has 1 amide bonds. The Hall–Kier alpha value is -5.17. The summed E-state index contributed by atoms with van der Waals surface area (Å²) in [5, 5.41) is 3.07. The lowest BCUT2D eigenvalue weighted by Gasteiger charge is -2.38. The third-order valence-electron chi connectivity index (χ3n) is 8.83. The van der Waals surface area contributed by atoms with Crippen LogP contribution >= 0.6 is 0 Å². The molecule has 208 valence electrons. The third-order valence-corrected chi connectivity index (χ3v) is 8.83. The first kappa shape index (κ1) is 25.8. The highest BCUT2D eigenvalue weighted by atomic mass is 16.5. The number of benzene rings is 4. The number of ketones is 2. The predicted molar refractivity (Wildman–Crippen MR) is 159 cm³/mol. The molecule has 0 saturated carbocycles. The third kappa shape index (κ3) is 3.56. The number of ether oxygens (including phenoxy) is 2. The van der Waals surface area contributed by atoms with E-state index in [1.807, 2.05) is 65.7 Å². The largest absolute Gasteiger partial charge is 0.497 e. The van der Waals surface area contributed by atoms with Crippen molar-refractivity contribution in [1.29, 1.82) is 0 Å². The second-order valence-electron chi connectivity index (χ2n) is 10.8. The molecule has 3 aliphatic heterocycles. The molecule has 42 heavy (non-hydrogen) atoms. The summed E-state index contributed by atoms with van der Waals surface area (Å²) in [6.45, 7) is 0. The number of carbonyl (C=O) groups is 3. The molecule has 1 spiro atoms. The van der Waals surface area contributed by atoms with Gasteiger partial charge in [0.05, 0.1) is 26.2 Å². The Morgan fingerprint density at radius 3 is 2.14 bits per heavy atom. The van der Waals surface area contributed by atoms with Gasteiger partial charge in [-0.05, 0) is 53.1 Å². The minimum Gasteiger partial charge on any atom is -0.497 e. The lowest BCUT2D eigenvalue weighted by atomic mass is 9.62. The van der Waals surface area contributed by atoms with Gasteiger partial charge in [-0.1, -0.05) is 66.7 Å². The van der Waals surface area contributed by atoms with Crippen LogP contribution in [0.5, 0.6) is 11.5 Å². The van der Waals surface area contributed by atoms with Gasteiger partial charge in [-0.2, -0.15) is 0 Å². The Morgan fingerprint density at radius 2 is 1.43 bits per heavy atom. The van der Waals surface area contributed by atoms with E-state index in [9.17, 15) is 14.4 Å². The van der Waals surface area contributed by atoms with E-state index >= 15 is 0 Å². The molecule has 3 heterocycles. The molecular formula is C35H28N2O5. The molecule has 0 aliphatic carbocycles. The van der Waals surface area contributed by atoms with Gasteiger partial charge in [0.1, 0.15) is 23.0 Å². The maximum atomic E-state index is 14.9. The quantitative estimate of drug-likeness (QED) is 0.308. The summed E-state index contributed by atoms with van der Waals surface area (Å²) >= 11 is 0. The summed E-state index contributed by atoms with van der Waals surface area (Å²) in [5.74, 6) is -0.883. The molecule has 0 bridgehead atoms. The fourth-order valence-electron chi connectivity index (χ4n) is 7.07. The van der Waals surface area contributed by atoms with Crippen molar-refractivity contribution < 1.29 is 23.9 Å². The number of fused-ring (bicyclic) bond motifs is 6. The highest BCUT2D eigenvalue weighted by molar-refractivity contribution is 6.16. The van der Waals surface area contributed by atoms with Crippen LogP contribution in [0.2, 0.25) is 0 Å². The Labute approximate surface area is 243 Å². The molecule has 0 aromatic heterocycles. The van der Waals surface area contributed by atoms with E-state index in [1.165, 1.54) is 0 Å². The zero-order chi connectivity index (χ0) is 29.0. The van der Waals surface area contributed by atoms with Crippen LogP contribution in [-0.4, -0.2) is 42.6 Å². The van der Waals surface area contributed by atoms with E-state index in [4.69, 9.17) is 9.47 Å². The van der Waals surface area contributed by atoms with Crippen LogP contribution in [0.4, 0.5) is 5.69 Å². The molecular weight excluding hydrogens is 528 g/mol. The van der Waals surface area contributed by atoms with Crippen molar-refractivity contribution in [3.63, 3.8) is 0 Å². The smallest absolute Gasteiger partial charge is 0.238 e. The first-order valence-electron chi connectivity index (χ1n) is 13.8. The standard InChI is InChI=1S/C35H28N2O5/c1-41-24-12-7-10-22(19-24)31(38)29-30(32(39)23-11-8-13-25(20-23)42-2)37-18-17-21-9-3-4-14-26(21)33(37)35(29)27-15-5-6-16-28(27)36-34(35)40/h3-20,29-30,33H,1-2H3,(H,36,40)/t29-,30+,33+,35+/m0/s1. The van der Waals surface area contributed by atoms with Crippen LogP contribution in [-0.2, 0) is 10.2 Å². The van der Waals surface area contributed by atoms with Gasteiger partial charge in [0.2, 0.25) is 5.91 Å². The zero-order valence-corrected chi connectivity index (χ0v) is 23.1. The van der Waals surface area contributed by atoms with Gasteiger partial charge < -0.3 is 19.7 Å².